The molecule has 1 aliphatic heterocycles. The number of benzene rings is 2. The summed E-state index contributed by atoms with van der Waals surface area (Å²) in [5.74, 6) is -0.180. The minimum atomic E-state index is -0.254. The molecule has 4 rings (SSSR count). The van der Waals surface area contributed by atoms with Gasteiger partial charge in [-0.1, -0.05) is 15.9 Å². The van der Waals surface area contributed by atoms with Gasteiger partial charge in [0.15, 0.2) is 4.77 Å². The van der Waals surface area contributed by atoms with Gasteiger partial charge in [0.25, 0.3) is 5.56 Å². The highest BCUT2D eigenvalue weighted by Gasteiger charge is 2.21. The number of hydrogen-bond donors (Lipinski definition) is 1. The lowest BCUT2D eigenvalue weighted by Gasteiger charge is -2.36. The fourth-order valence-corrected chi connectivity index (χ4v) is 4.48. The lowest BCUT2D eigenvalue weighted by Crippen LogP contribution is -2.48. The Balaban J connectivity index is 1.33. The van der Waals surface area contributed by atoms with Crippen molar-refractivity contribution in [3.8, 4) is 0 Å². The van der Waals surface area contributed by atoms with Crippen LogP contribution in [0.15, 0.2) is 51.7 Å². The molecule has 1 amide bonds. The molecule has 1 aromatic heterocycles. The SMILES string of the molecule is O=C(CCCn1c(=S)[nH]c2ccc(Br)cc2c1=O)N1CCN(c2ccc(F)cc2)CC1. The molecule has 1 fully saturated rings. The van der Waals surface area contributed by atoms with Gasteiger partial charge in [0.1, 0.15) is 5.82 Å². The van der Waals surface area contributed by atoms with Crippen LogP contribution in [-0.4, -0.2) is 46.5 Å². The standard InChI is InChI=1S/C22H22BrFN4O2S/c23-15-3-8-19-18(14-15)21(30)28(22(31)25-19)9-1-2-20(29)27-12-10-26(11-13-27)17-6-4-16(24)5-7-17/h3-8,14H,1-2,9-13H2,(H,25,31). The average molecular weight is 505 g/mol. The quantitative estimate of drug-likeness (QED) is 0.531. The van der Waals surface area contributed by atoms with Crippen LogP contribution in [-0.2, 0) is 11.3 Å². The van der Waals surface area contributed by atoms with E-state index in [1.165, 1.54) is 16.7 Å². The van der Waals surface area contributed by atoms with Gasteiger partial charge in [0.2, 0.25) is 5.91 Å². The molecule has 1 saturated heterocycles. The molecule has 0 bridgehead atoms. The van der Waals surface area contributed by atoms with E-state index in [0.29, 0.717) is 61.2 Å². The molecule has 0 saturated carbocycles. The normalized spacial score (nSPS) is 14.3. The van der Waals surface area contributed by atoms with E-state index < -0.39 is 0 Å². The Hall–Kier alpha value is -2.52. The molecule has 6 nitrogen and oxygen atoms in total. The summed E-state index contributed by atoms with van der Waals surface area (Å²) in [5.41, 5.74) is 1.51. The summed E-state index contributed by atoms with van der Waals surface area (Å²) in [6.07, 6.45) is 0.891. The predicted octanol–water partition coefficient (Wildman–Crippen LogP) is 4.09. The van der Waals surface area contributed by atoms with Crippen LogP contribution in [0, 0.1) is 10.6 Å². The van der Waals surface area contributed by atoms with Gasteiger partial charge in [-0.3, -0.25) is 14.2 Å². The molecule has 2 aromatic carbocycles. The maximum Gasteiger partial charge on any atom is 0.262 e. The number of amides is 1. The van der Waals surface area contributed by atoms with Gasteiger partial charge in [-0.2, -0.15) is 0 Å². The van der Waals surface area contributed by atoms with Crippen LogP contribution in [0.25, 0.3) is 10.9 Å². The van der Waals surface area contributed by atoms with Crippen molar-refractivity contribution in [3.63, 3.8) is 0 Å². The van der Waals surface area contributed by atoms with E-state index in [1.807, 2.05) is 17.0 Å². The van der Waals surface area contributed by atoms with Gasteiger partial charge in [-0.05, 0) is 61.1 Å². The van der Waals surface area contributed by atoms with Crippen molar-refractivity contribution in [1.82, 2.24) is 14.5 Å². The summed E-state index contributed by atoms with van der Waals surface area (Å²) >= 11 is 8.73. The number of hydrogen-bond acceptors (Lipinski definition) is 4. The highest BCUT2D eigenvalue weighted by Crippen LogP contribution is 2.18. The predicted molar refractivity (Wildman–Crippen MR) is 126 cm³/mol. The molecule has 1 aliphatic rings. The summed E-state index contributed by atoms with van der Waals surface area (Å²) in [4.78, 5) is 32.5. The third kappa shape index (κ3) is 4.88. The summed E-state index contributed by atoms with van der Waals surface area (Å²) in [6, 6.07) is 11.9. The lowest BCUT2D eigenvalue weighted by atomic mass is 10.2. The van der Waals surface area contributed by atoms with Crippen molar-refractivity contribution in [2.75, 3.05) is 31.1 Å². The Labute approximate surface area is 192 Å². The average Bonchev–Trinajstić information content (AvgIpc) is 2.77. The molecule has 0 unspecified atom stereocenters. The minimum Gasteiger partial charge on any atom is -0.368 e. The largest absolute Gasteiger partial charge is 0.368 e. The number of nitrogens with one attached hydrogen (secondary N) is 1. The number of carbonyl (C=O) groups is 1. The maximum atomic E-state index is 13.1. The monoisotopic (exact) mass is 504 g/mol. The maximum absolute atomic E-state index is 13.1. The van der Waals surface area contributed by atoms with Crippen molar-refractivity contribution in [3.05, 3.63) is 67.9 Å². The second kappa shape index (κ2) is 9.32. The number of rotatable bonds is 5. The van der Waals surface area contributed by atoms with Gasteiger partial charge < -0.3 is 14.8 Å². The Kier molecular flexibility index (Phi) is 6.52. The second-order valence-electron chi connectivity index (χ2n) is 7.52. The van der Waals surface area contributed by atoms with E-state index in [0.717, 1.165) is 10.2 Å². The van der Waals surface area contributed by atoms with E-state index >= 15 is 0 Å². The third-order valence-corrected chi connectivity index (χ3v) is 6.36. The van der Waals surface area contributed by atoms with Crippen LogP contribution in [0.1, 0.15) is 12.8 Å². The second-order valence-corrected chi connectivity index (χ2v) is 8.83. The number of carbonyl (C=O) groups excluding carboxylic acids is 1. The number of nitrogens with zero attached hydrogens (tertiary/aromatic N) is 3. The molecule has 3 aromatic rings. The van der Waals surface area contributed by atoms with Crippen molar-refractivity contribution < 1.29 is 9.18 Å². The number of anilines is 1. The van der Waals surface area contributed by atoms with Gasteiger partial charge in [0, 0.05) is 49.3 Å². The highest BCUT2D eigenvalue weighted by atomic mass is 79.9. The zero-order chi connectivity index (χ0) is 22.0. The van der Waals surface area contributed by atoms with E-state index in [1.54, 1.807) is 18.2 Å². The van der Waals surface area contributed by atoms with Crippen molar-refractivity contribution in [2.24, 2.45) is 0 Å². The Morgan fingerprint density at radius 2 is 1.81 bits per heavy atom. The van der Waals surface area contributed by atoms with Gasteiger partial charge in [-0.15, -0.1) is 0 Å². The fourth-order valence-electron chi connectivity index (χ4n) is 3.84. The topological polar surface area (TPSA) is 61.3 Å². The minimum absolute atomic E-state index is 0.0743. The van der Waals surface area contributed by atoms with Crippen molar-refractivity contribution >= 4 is 50.6 Å². The van der Waals surface area contributed by atoms with Crippen LogP contribution < -0.4 is 10.5 Å². The van der Waals surface area contributed by atoms with Gasteiger partial charge in [-0.25, -0.2) is 4.39 Å². The van der Waals surface area contributed by atoms with Crippen molar-refractivity contribution in [1.29, 1.82) is 0 Å². The Morgan fingerprint density at radius 3 is 2.52 bits per heavy atom. The summed E-state index contributed by atoms with van der Waals surface area (Å²) < 4.78 is 15.8. The summed E-state index contributed by atoms with van der Waals surface area (Å²) in [5, 5.41) is 0.561. The number of piperazine rings is 1. The van der Waals surface area contributed by atoms with Crippen LogP contribution in [0.3, 0.4) is 0 Å². The van der Waals surface area contributed by atoms with E-state index in [4.69, 9.17) is 12.2 Å². The van der Waals surface area contributed by atoms with Crippen LogP contribution >= 0.6 is 28.1 Å². The zero-order valence-electron chi connectivity index (χ0n) is 16.8. The first-order valence-corrected chi connectivity index (χ1v) is 11.3. The van der Waals surface area contributed by atoms with Crippen molar-refractivity contribution in [2.45, 2.75) is 19.4 Å². The first kappa shape index (κ1) is 21.7. The number of aromatic nitrogens is 2. The lowest BCUT2D eigenvalue weighted by molar-refractivity contribution is -0.131. The van der Waals surface area contributed by atoms with Gasteiger partial charge >= 0.3 is 0 Å². The Morgan fingerprint density at radius 1 is 1.10 bits per heavy atom. The molecule has 31 heavy (non-hydrogen) atoms. The molecular weight excluding hydrogens is 483 g/mol. The molecule has 0 atom stereocenters. The molecule has 0 spiro atoms. The number of H-pyrrole nitrogens is 1. The third-order valence-electron chi connectivity index (χ3n) is 5.54. The zero-order valence-corrected chi connectivity index (χ0v) is 19.2. The van der Waals surface area contributed by atoms with Gasteiger partial charge in [0.05, 0.1) is 10.9 Å². The number of fused-ring (bicyclic) bond motifs is 1. The first-order chi connectivity index (χ1) is 14.9. The number of halogens is 2. The molecule has 1 N–H and O–H groups in total. The van der Waals surface area contributed by atoms with E-state index in [2.05, 4.69) is 25.8 Å². The Bertz CT molecular complexity index is 1220. The highest BCUT2D eigenvalue weighted by molar-refractivity contribution is 9.10. The smallest absolute Gasteiger partial charge is 0.262 e. The van der Waals surface area contributed by atoms with Crippen LogP contribution in [0.2, 0.25) is 0 Å². The van der Waals surface area contributed by atoms with E-state index in [9.17, 15) is 14.0 Å². The fraction of sp³-hybridized carbons (Fsp3) is 0.318. The summed E-state index contributed by atoms with van der Waals surface area (Å²) in [6.45, 7) is 3.06. The number of aromatic amines is 1. The molecule has 2 heterocycles. The van der Waals surface area contributed by atoms with Crippen LogP contribution in [0.4, 0.5) is 10.1 Å². The molecule has 9 heteroatoms. The first-order valence-electron chi connectivity index (χ1n) is 10.1. The molecule has 0 aliphatic carbocycles. The molecule has 0 radical (unpaired) electrons. The summed E-state index contributed by atoms with van der Waals surface area (Å²) in [7, 11) is 0. The molecular formula is C22H22BrFN4O2S. The van der Waals surface area contributed by atoms with Crippen LogP contribution in [0.5, 0.6) is 0 Å². The molecule has 162 valence electrons. The van der Waals surface area contributed by atoms with E-state index in [-0.39, 0.29) is 17.3 Å².